The molecule has 0 saturated heterocycles. The number of rotatable bonds is 6. The minimum atomic E-state index is -0.0419. The molecule has 150 valence electrons. The van der Waals surface area contributed by atoms with E-state index in [1.165, 1.54) is 0 Å². The van der Waals surface area contributed by atoms with E-state index in [4.69, 9.17) is 0 Å². The SMILES string of the molecule is CCC(C)N(C(=O)c1cc2nccc(-c3c(C)nn(C)c3C)n2n1)C(C)CC. The van der Waals surface area contributed by atoms with Gasteiger partial charge in [0.25, 0.3) is 5.91 Å². The monoisotopic (exact) mass is 382 g/mol. The molecule has 0 saturated carbocycles. The second-order valence-electron chi connectivity index (χ2n) is 7.53. The maximum absolute atomic E-state index is 13.3. The van der Waals surface area contributed by atoms with E-state index in [1.54, 1.807) is 16.8 Å². The van der Waals surface area contributed by atoms with E-state index >= 15 is 0 Å². The van der Waals surface area contributed by atoms with Crippen molar-refractivity contribution in [2.24, 2.45) is 7.05 Å². The number of hydrogen-bond acceptors (Lipinski definition) is 4. The molecule has 0 N–H and O–H groups in total. The van der Waals surface area contributed by atoms with Gasteiger partial charge in [0.1, 0.15) is 0 Å². The summed E-state index contributed by atoms with van der Waals surface area (Å²) in [7, 11) is 1.93. The first-order valence-corrected chi connectivity index (χ1v) is 9.98. The maximum atomic E-state index is 13.3. The number of fused-ring (bicyclic) bond motifs is 1. The van der Waals surface area contributed by atoms with Crippen molar-refractivity contribution in [3.8, 4) is 11.3 Å². The summed E-state index contributed by atoms with van der Waals surface area (Å²) in [6.07, 6.45) is 3.57. The minimum absolute atomic E-state index is 0.0419. The molecule has 0 spiro atoms. The van der Waals surface area contributed by atoms with Crippen molar-refractivity contribution < 1.29 is 4.79 Å². The fourth-order valence-electron chi connectivity index (χ4n) is 3.69. The first kappa shape index (κ1) is 20.0. The lowest BCUT2D eigenvalue weighted by molar-refractivity contribution is 0.0592. The Balaban J connectivity index is 2.11. The lowest BCUT2D eigenvalue weighted by Gasteiger charge is -2.33. The minimum Gasteiger partial charge on any atom is -0.332 e. The third-order valence-electron chi connectivity index (χ3n) is 5.71. The molecular weight excluding hydrogens is 352 g/mol. The number of hydrogen-bond donors (Lipinski definition) is 0. The molecule has 0 radical (unpaired) electrons. The van der Waals surface area contributed by atoms with Crippen molar-refractivity contribution in [3.63, 3.8) is 0 Å². The van der Waals surface area contributed by atoms with Gasteiger partial charge in [0, 0.05) is 42.7 Å². The molecule has 7 nitrogen and oxygen atoms in total. The zero-order valence-electron chi connectivity index (χ0n) is 17.9. The maximum Gasteiger partial charge on any atom is 0.274 e. The number of aromatic nitrogens is 5. The molecule has 7 heteroatoms. The highest BCUT2D eigenvalue weighted by molar-refractivity contribution is 5.94. The largest absolute Gasteiger partial charge is 0.332 e. The topological polar surface area (TPSA) is 68.3 Å². The Hall–Kier alpha value is -2.70. The Kier molecular flexibility index (Phi) is 5.54. The molecule has 2 unspecified atom stereocenters. The fourth-order valence-corrected chi connectivity index (χ4v) is 3.69. The summed E-state index contributed by atoms with van der Waals surface area (Å²) in [5.41, 5.74) is 4.99. The van der Waals surface area contributed by atoms with Gasteiger partial charge in [0.2, 0.25) is 0 Å². The van der Waals surface area contributed by atoms with Gasteiger partial charge in [0.15, 0.2) is 11.3 Å². The standard InChI is InChI=1S/C21H30N6O/c1-8-13(3)26(14(4)9-2)21(28)17-12-19-22-11-10-18(27(19)24-17)20-15(5)23-25(7)16(20)6/h10-14H,8-9H2,1-7H3. The second-order valence-corrected chi connectivity index (χ2v) is 7.53. The smallest absolute Gasteiger partial charge is 0.274 e. The number of carbonyl (C=O) groups is 1. The van der Waals surface area contributed by atoms with Gasteiger partial charge < -0.3 is 4.90 Å². The predicted molar refractivity (Wildman–Crippen MR) is 110 cm³/mol. The highest BCUT2D eigenvalue weighted by Gasteiger charge is 2.27. The van der Waals surface area contributed by atoms with Crippen LogP contribution in [0.15, 0.2) is 18.3 Å². The van der Waals surface area contributed by atoms with Gasteiger partial charge in [-0.2, -0.15) is 10.2 Å². The summed E-state index contributed by atoms with van der Waals surface area (Å²) in [6, 6.07) is 4.02. The summed E-state index contributed by atoms with van der Waals surface area (Å²) in [6.45, 7) is 12.4. The van der Waals surface area contributed by atoms with Gasteiger partial charge in [-0.15, -0.1) is 0 Å². The van der Waals surface area contributed by atoms with E-state index in [-0.39, 0.29) is 18.0 Å². The first-order chi connectivity index (χ1) is 13.3. The Labute approximate surface area is 166 Å². The normalized spacial score (nSPS) is 13.7. The van der Waals surface area contributed by atoms with Gasteiger partial charge >= 0.3 is 0 Å². The zero-order valence-corrected chi connectivity index (χ0v) is 17.9. The second kappa shape index (κ2) is 7.73. The van der Waals surface area contributed by atoms with Gasteiger partial charge in [-0.25, -0.2) is 9.50 Å². The van der Waals surface area contributed by atoms with E-state index in [2.05, 4.69) is 42.9 Å². The molecule has 0 aliphatic heterocycles. The molecule has 0 fully saturated rings. The van der Waals surface area contributed by atoms with Crippen LogP contribution in [0.2, 0.25) is 0 Å². The van der Waals surface area contributed by atoms with Crippen molar-refractivity contribution in [1.82, 2.24) is 29.3 Å². The molecule has 3 aromatic heterocycles. The number of nitrogens with zero attached hydrogens (tertiary/aromatic N) is 6. The van der Waals surface area contributed by atoms with E-state index in [0.29, 0.717) is 11.3 Å². The van der Waals surface area contributed by atoms with Crippen LogP contribution in [0.3, 0.4) is 0 Å². The van der Waals surface area contributed by atoms with Crippen molar-refractivity contribution in [1.29, 1.82) is 0 Å². The molecule has 0 aliphatic rings. The van der Waals surface area contributed by atoms with Gasteiger partial charge in [0.05, 0.1) is 11.4 Å². The van der Waals surface area contributed by atoms with Crippen LogP contribution < -0.4 is 0 Å². The van der Waals surface area contributed by atoms with E-state index in [9.17, 15) is 4.79 Å². The predicted octanol–water partition coefficient (Wildman–Crippen LogP) is 3.79. The Bertz CT molecular complexity index is 992. The summed E-state index contributed by atoms with van der Waals surface area (Å²) in [5, 5.41) is 9.17. The van der Waals surface area contributed by atoms with Crippen molar-refractivity contribution >= 4 is 11.6 Å². The van der Waals surface area contributed by atoms with Crippen molar-refractivity contribution in [3.05, 3.63) is 35.4 Å². The third kappa shape index (κ3) is 3.30. The molecule has 28 heavy (non-hydrogen) atoms. The van der Waals surface area contributed by atoms with Crippen LogP contribution in [-0.2, 0) is 7.05 Å². The molecule has 3 heterocycles. The average Bonchev–Trinajstić information content (AvgIpc) is 3.22. The van der Waals surface area contributed by atoms with Crippen molar-refractivity contribution in [2.45, 2.75) is 66.5 Å². The van der Waals surface area contributed by atoms with Crippen LogP contribution >= 0.6 is 0 Å². The molecular formula is C21H30N6O. The number of aryl methyl sites for hydroxylation is 2. The average molecular weight is 383 g/mol. The van der Waals surface area contributed by atoms with E-state index < -0.39 is 0 Å². The molecule has 3 aromatic rings. The number of carbonyl (C=O) groups excluding carboxylic acids is 1. The zero-order chi connectivity index (χ0) is 20.6. The first-order valence-electron chi connectivity index (χ1n) is 9.98. The molecule has 0 bridgehead atoms. The third-order valence-corrected chi connectivity index (χ3v) is 5.71. The van der Waals surface area contributed by atoms with Crippen LogP contribution in [0.1, 0.15) is 62.4 Å². The van der Waals surface area contributed by atoms with E-state index in [1.807, 2.05) is 36.5 Å². The molecule has 0 aromatic carbocycles. The summed E-state index contributed by atoms with van der Waals surface area (Å²) < 4.78 is 3.62. The summed E-state index contributed by atoms with van der Waals surface area (Å²) >= 11 is 0. The summed E-state index contributed by atoms with van der Waals surface area (Å²) in [5.74, 6) is -0.0419. The van der Waals surface area contributed by atoms with Crippen LogP contribution in [0.25, 0.3) is 16.9 Å². The van der Waals surface area contributed by atoms with Gasteiger partial charge in [-0.05, 0) is 46.6 Å². The molecule has 3 rings (SSSR count). The quantitative estimate of drug-likeness (QED) is 0.650. The van der Waals surface area contributed by atoms with Crippen LogP contribution in [-0.4, -0.2) is 47.3 Å². The van der Waals surface area contributed by atoms with E-state index in [0.717, 1.165) is 35.5 Å². The molecule has 2 atom stereocenters. The molecule has 1 amide bonds. The fraction of sp³-hybridized carbons (Fsp3) is 0.524. The van der Waals surface area contributed by atoms with Crippen LogP contribution in [0.5, 0.6) is 0 Å². The van der Waals surface area contributed by atoms with Gasteiger partial charge in [-0.1, -0.05) is 13.8 Å². The van der Waals surface area contributed by atoms with Crippen LogP contribution in [0, 0.1) is 13.8 Å². The highest BCUT2D eigenvalue weighted by atomic mass is 16.2. The van der Waals surface area contributed by atoms with Gasteiger partial charge in [-0.3, -0.25) is 9.48 Å². The Morgan fingerprint density at radius 2 is 1.79 bits per heavy atom. The highest BCUT2D eigenvalue weighted by Crippen LogP contribution is 2.27. The Morgan fingerprint density at radius 1 is 1.14 bits per heavy atom. The number of amides is 1. The molecule has 0 aliphatic carbocycles. The van der Waals surface area contributed by atoms with Crippen LogP contribution in [0.4, 0.5) is 0 Å². The lowest BCUT2D eigenvalue weighted by atomic mass is 10.1. The Morgan fingerprint density at radius 3 is 2.32 bits per heavy atom. The summed E-state index contributed by atoms with van der Waals surface area (Å²) in [4.78, 5) is 19.7. The lowest BCUT2D eigenvalue weighted by Crippen LogP contribution is -2.44. The van der Waals surface area contributed by atoms with Crippen molar-refractivity contribution in [2.75, 3.05) is 0 Å².